The van der Waals surface area contributed by atoms with Crippen LogP contribution in [0.4, 0.5) is 0 Å². The molecule has 0 aliphatic heterocycles. The molecule has 0 saturated carbocycles. The number of allylic oxidation sites excluding steroid dienone is 5. The zero-order chi connectivity index (χ0) is 31.3. The van der Waals surface area contributed by atoms with Gasteiger partial charge < -0.3 is 0 Å². The van der Waals surface area contributed by atoms with E-state index in [0.29, 0.717) is 0 Å². The minimum absolute atomic E-state index is 0.356. The van der Waals surface area contributed by atoms with E-state index in [1.54, 1.807) is 0 Å². The summed E-state index contributed by atoms with van der Waals surface area (Å²) in [6, 6.07) is 51.8. The molecule has 2 aliphatic rings. The minimum atomic E-state index is -0.356. The third kappa shape index (κ3) is 4.14. The monoisotopic (exact) mass is 588 g/mol. The van der Waals surface area contributed by atoms with Crippen molar-refractivity contribution in [3.63, 3.8) is 0 Å². The molecule has 0 heterocycles. The van der Waals surface area contributed by atoms with E-state index in [9.17, 15) is 0 Å². The van der Waals surface area contributed by atoms with Crippen molar-refractivity contribution in [1.82, 2.24) is 0 Å². The Hall–Kier alpha value is -5.46. The molecule has 0 atom stereocenters. The van der Waals surface area contributed by atoms with Crippen molar-refractivity contribution in [2.75, 3.05) is 0 Å². The van der Waals surface area contributed by atoms with Crippen LogP contribution in [-0.4, -0.2) is 0 Å². The van der Waals surface area contributed by atoms with Gasteiger partial charge in [0.05, 0.1) is 5.41 Å². The first-order valence-electron chi connectivity index (χ1n) is 16.2. The molecule has 0 radical (unpaired) electrons. The lowest BCUT2D eigenvalue weighted by molar-refractivity contribution is 0.794. The van der Waals surface area contributed by atoms with E-state index in [2.05, 4.69) is 172 Å². The molecule has 0 aromatic heterocycles. The molecule has 2 aliphatic carbocycles. The third-order valence-corrected chi connectivity index (χ3v) is 10.00. The summed E-state index contributed by atoms with van der Waals surface area (Å²) in [6.07, 6.45) is 7.41. The smallest absolute Gasteiger partial charge is 0.0725 e. The summed E-state index contributed by atoms with van der Waals surface area (Å²) >= 11 is 0. The van der Waals surface area contributed by atoms with Gasteiger partial charge in [-0.1, -0.05) is 152 Å². The van der Waals surface area contributed by atoms with Crippen molar-refractivity contribution >= 4 is 11.1 Å². The number of hydrogen-bond donors (Lipinski definition) is 0. The number of benzene rings is 6. The summed E-state index contributed by atoms with van der Waals surface area (Å²) < 4.78 is 0. The largest absolute Gasteiger partial charge is 0.103 e. The quantitative estimate of drug-likeness (QED) is 0.134. The predicted molar refractivity (Wildman–Crippen MR) is 196 cm³/mol. The van der Waals surface area contributed by atoms with Crippen LogP contribution in [0, 0.1) is 0 Å². The Morgan fingerprint density at radius 2 is 1.13 bits per heavy atom. The van der Waals surface area contributed by atoms with E-state index in [-0.39, 0.29) is 5.41 Å². The fourth-order valence-corrected chi connectivity index (χ4v) is 7.97. The normalized spacial score (nSPS) is 14.0. The van der Waals surface area contributed by atoms with E-state index < -0.39 is 0 Å². The summed E-state index contributed by atoms with van der Waals surface area (Å²) in [5.41, 5.74) is 19.1. The average Bonchev–Trinajstić information content (AvgIpc) is 3.58. The molecule has 0 amide bonds. The molecule has 0 unspecified atom stereocenters. The van der Waals surface area contributed by atoms with Gasteiger partial charge in [-0.05, 0) is 110 Å². The van der Waals surface area contributed by atoms with Gasteiger partial charge in [0.2, 0.25) is 0 Å². The van der Waals surface area contributed by atoms with E-state index in [1.807, 2.05) is 6.08 Å². The van der Waals surface area contributed by atoms with Crippen molar-refractivity contribution in [2.24, 2.45) is 0 Å². The molecule has 1 spiro atoms. The molecule has 0 heteroatoms. The molecule has 46 heavy (non-hydrogen) atoms. The van der Waals surface area contributed by atoms with E-state index in [1.165, 1.54) is 83.5 Å². The number of rotatable bonds is 6. The molecule has 0 fully saturated rings. The second-order valence-corrected chi connectivity index (χ2v) is 12.5. The molecule has 6 aromatic rings. The van der Waals surface area contributed by atoms with Crippen molar-refractivity contribution in [3.05, 3.63) is 203 Å². The molecule has 0 nitrogen and oxygen atoms in total. The Morgan fingerprint density at radius 3 is 1.72 bits per heavy atom. The van der Waals surface area contributed by atoms with Crippen LogP contribution in [0.2, 0.25) is 0 Å². The maximum atomic E-state index is 4.03. The van der Waals surface area contributed by atoms with Crippen molar-refractivity contribution in [1.29, 1.82) is 0 Å². The lowest BCUT2D eigenvalue weighted by atomic mass is 9.70. The lowest BCUT2D eigenvalue weighted by Crippen LogP contribution is -2.25. The highest BCUT2D eigenvalue weighted by Crippen LogP contribution is 2.63. The van der Waals surface area contributed by atoms with Crippen LogP contribution in [0.1, 0.15) is 52.8 Å². The Morgan fingerprint density at radius 1 is 0.587 bits per heavy atom. The summed E-state index contributed by atoms with van der Waals surface area (Å²) in [5, 5.41) is 0. The van der Waals surface area contributed by atoms with Gasteiger partial charge >= 0.3 is 0 Å². The number of hydrogen-bond acceptors (Lipinski definition) is 0. The highest BCUT2D eigenvalue weighted by molar-refractivity contribution is 5.97. The van der Waals surface area contributed by atoms with Crippen LogP contribution in [-0.2, 0) is 11.8 Å². The van der Waals surface area contributed by atoms with Crippen LogP contribution in [0.3, 0.4) is 0 Å². The van der Waals surface area contributed by atoms with Crippen LogP contribution >= 0.6 is 0 Å². The van der Waals surface area contributed by atoms with Gasteiger partial charge in [-0.15, -0.1) is 6.58 Å². The fourth-order valence-electron chi connectivity index (χ4n) is 7.97. The topological polar surface area (TPSA) is 0 Å². The molecule has 220 valence electrons. The Kier molecular flexibility index (Phi) is 6.80. The summed E-state index contributed by atoms with van der Waals surface area (Å²) in [6.45, 7) is 8.38. The van der Waals surface area contributed by atoms with Crippen molar-refractivity contribution < 1.29 is 0 Å². The van der Waals surface area contributed by atoms with Gasteiger partial charge in [0.15, 0.2) is 0 Å². The zero-order valence-electron chi connectivity index (χ0n) is 26.4. The average molecular weight is 589 g/mol. The Balaban J connectivity index is 1.37. The predicted octanol–water partition coefficient (Wildman–Crippen LogP) is 11.9. The Labute approximate surface area is 272 Å². The molecule has 0 saturated heterocycles. The highest BCUT2D eigenvalue weighted by atomic mass is 14.5. The SMILES string of the molecule is C=CCc1ccc(-c2ccc3c(c2)C2(c4ccccc4-c4ccccc42)c2ccccc2-3)c(C(/C=C(\C)c2ccccc2)=C/C)c1. The lowest BCUT2D eigenvalue weighted by Gasteiger charge is -2.30. The van der Waals surface area contributed by atoms with Gasteiger partial charge in [-0.3, -0.25) is 0 Å². The van der Waals surface area contributed by atoms with Crippen molar-refractivity contribution in [2.45, 2.75) is 25.7 Å². The first kappa shape index (κ1) is 28.0. The van der Waals surface area contributed by atoms with Crippen LogP contribution in [0.25, 0.3) is 44.5 Å². The Bertz CT molecular complexity index is 2140. The second kappa shape index (κ2) is 11.2. The van der Waals surface area contributed by atoms with Crippen LogP contribution in [0.5, 0.6) is 0 Å². The standard InChI is InChI=1S/C46H36/c1-4-15-32-24-26-36(41(29-32)33(5-2)28-31(3)34-16-7-6-8-17-34)35-25-27-40-39-20-11-14-23-44(39)46(45(40)30-35)42-21-12-9-18-37(42)38-19-10-13-22-43(38)46/h4-14,16-30H,1,15H2,2-3H3/b31-28+,33-5+. The second-order valence-electron chi connectivity index (χ2n) is 12.5. The molecule has 0 bridgehead atoms. The first-order valence-corrected chi connectivity index (χ1v) is 16.2. The third-order valence-electron chi connectivity index (χ3n) is 10.00. The summed E-state index contributed by atoms with van der Waals surface area (Å²) in [7, 11) is 0. The van der Waals surface area contributed by atoms with Crippen LogP contribution < -0.4 is 0 Å². The fraction of sp³-hybridized carbons (Fsp3) is 0.0870. The maximum Gasteiger partial charge on any atom is 0.0725 e. The first-order chi connectivity index (χ1) is 22.6. The minimum Gasteiger partial charge on any atom is -0.103 e. The maximum absolute atomic E-state index is 4.03. The van der Waals surface area contributed by atoms with E-state index in [0.717, 1.165) is 6.42 Å². The van der Waals surface area contributed by atoms with E-state index in [4.69, 9.17) is 0 Å². The van der Waals surface area contributed by atoms with E-state index >= 15 is 0 Å². The van der Waals surface area contributed by atoms with Crippen LogP contribution in [0.15, 0.2) is 164 Å². The molecule has 6 aromatic carbocycles. The van der Waals surface area contributed by atoms with Gasteiger partial charge in [-0.25, -0.2) is 0 Å². The molecule has 8 rings (SSSR count). The number of fused-ring (bicyclic) bond motifs is 10. The molecular formula is C46H36. The van der Waals surface area contributed by atoms with Crippen molar-refractivity contribution in [3.8, 4) is 33.4 Å². The van der Waals surface area contributed by atoms with Gasteiger partial charge in [0.1, 0.15) is 0 Å². The van der Waals surface area contributed by atoms with Gasteiger partial charge in [0.25, 0.3) is 0 Å². The van der Waals surface area contributed by atoms with Gasteiger partial charge in [-0.2, -0.15) is 0 Å². The summed E-state index contributed by atoms with van der Waals surface area (Å²) in [5.74, 6) is 0. The van der Waals surface area contributed by atoms with Gasteiger partial charge in [0, 0.05) is 0 Å². The zero-order valence-corrected chi connectivity index (χ0v) is 26.4. The highest BCUT2D eigenvalue weighted by Gasteiger charge is 2.51. The molecular weight excluding hydrogens is 553 g/mol. The molecule has 0 N–H and O–H groups in total. The summed E-state index contributed by atoms with van der Waals surface area (Å²) in [4.78, 5) is 0.